The summed E-state index contributed by atoms with van der Waals surface area (Å²) < 4.78 is 27.8. The molecule has 0 aliphatic heterocycles. The van der Waals surface area contributed by atoms with Crippen molar-refractivity contribution in [1.82, 2.24) is 0 Å². The lowest BCUT2D eigenvalue weighted by molar-refractivity contribution is 0.539. The van der Waals surface area contributed by atoms with E-state index in [2.05, 4.69) is 15.9 Å². The van der Waals surface area contributed by atoms with Gasteiger partial charge in [-0.25, -0.2) is 8.78 Å². The van der Waals surface area contributed by atoms with Crippen molar-refractivity contribution in [2.24, 2.45) is 5.73 Å². The number of rotatable bonds is 5. The molecule has 21 heavy (non-hydrogen) atoms. The van der Waals surface area contributed by atoms with Gasteiger partial charge in [-0.05, 0) is 53.5 Å². The Bertz CT molecular complexity index is 616. The van der Waals surface area contributed by atoms with Crippen molar-refractivity contribution >= 4 is 27.7 Å². The summed E-state index contributed by atoms with van der Waals surface area (Å²) in [6.07, 6.45) is 0.177. The first-order valence-corrected chi connectivity index (χ1v) is 8.32. The van der Waals surface area contributed by atoms with E-state index in [0.29, 0.717) is 5.75 Å². The van der Waals surface area contributed by atoms with E-state index in [1.54, 1.807) is 11.8 Å². The average Bonchev–Trinajstić information content (AvgIpc) is 2.47. The predicted molar refractivity (Wildman–Crippen MR) is 87.6 cm³/mol. The summed E-state index contributed by atoms with van der Waals surface area (Å²) in [5.74, 6) is -0.508. The van der Waals surface area contributed by atoms with Crippen LogP contribution in [0, 0.1) is 18.6 Å². The van der Waals surface area contributed by atoms with Gasteiger partial charge in [-0.3, -0.25) is 0 Å². The van der Waals surface area contributed by atoms with E-state index >= 15 is 0 Å². The van der Waals surface area contributed by atoms with Gasteiger partial charge in [-0.2, -0.15) is 0 Å². The molecule has 0 fully saturated rings. The maximum atomic E-state index is 13.9. The summed E-state index contributed by atoms with van der Waals surface area (Å²) in [4.78, 5) is 1.10. The number of hydrogen-bond acceptors (Lipinski definition) is 2. The van der Waals surface area contributed by atoms with Crippen LogP contribution in [-0.2, 0) is 6.42 Å². The van der Waals surface area contributed by atoms with Gasteiger partial charge < -0.3 is 5.73 Å². The molecule has 0 aliphatic rings. The van der Waals surface area contributed by atoms with E-state index in [4.69, 9.17) is 5.73 Å². The van der Waals surface area contributed by atoms with Crippen LogP contribution < -0.4 is 5.73 Å². The minimum Gasteiger partial charge on any atom is -0.327 e. The van der Waals surface area contributed by atoms with Gasteiger partial charge in [0.1, 0.15) is 11.6 Å². The van der Waals surface area contributed by atoms with Gasteiger partial charge in [0.05, 0.1) is 4.47 Å². The van der Waals surface area contributed by atoms with Crippen molar-refractivity contribution in [3.63, 3.8) is 0 Å². The van der Waals surface area contributed by atoms with E-state index in [-0.39, 0.29) is 22.5 Å². The average molecular weight is 372 g/mol. The molecule has 1 atom stereocenters. The molecule has 0 amide bonds. The minimum atomic E-state index is -0.564. The van der Waals surface area contributed by atoms with Gasteiger partial charge in [0.2, 0.25) is 0 Å². The summed E-state index contributed by atoms with van der Waals surface area (Å²) in [6.45, 7) is 2.03. The van der Waals surface area contributed by atoms with Crippen LogP contribution in [0.3, 0.4) is 0 Å². The van der Waals surface area contributed by atoms with Gasteiger partial charge in [0.15, 0.2) is 0 Å². The molecule has 0 saturated carbocycles. The Hall–Kier alpha value is -0.910. The summed E-state index contributed by atoms with van der Waals surface area (Å²) >= 11 is 4.66. The summed E-state index contributed by atoms with van der Waals surface area (Å²) in [6, 6.07) is 10.4. The molecule has 2 rings (SSSR count). The first-order valence-electron chi connectivity index (χ1n) is 6.55. The number of halogens is 3. The molecule has 0 bridgehead atoms. The molecule has 1 unspecified atom stereocenters. The topological polar surface area (TPSA) is 26.0 Å². The Kier molecular flexibility index (Phi) is 5.79. The van der Waals surface area contributed by atoms with E-state index in [9.17, 15) is 8.78 Å². The van der Waals surface area contributed by atoms with Crippen molar-refractivity contribution in [1.29, 1.82) is 0 Å². The third kappa shape index (κ3) is 4.53. The molecule has 0 heterocycles. The Balaban J connectivity index is 1.97. The van der Waals surface area contributed by atoms with Gasteiger partial charge in [-0.1, -0.05) is 17.7 Å². The maximum Gasteiger partial charge on any atom is 0.143 e. The SMILES string of the molecule is Cc1ccc(SCC(N)Cc2c(F)ccc(Br)c2F)cc1. The Morgan fingerprint density at radius 2 is 1.81 bits per heavy atom. The van der Waals surface area contributed by atoms with Crippen molar-refractivity contribution < 1.29 is 8.78 Å². The third-order valence-electron chi connectivity index (χ3n) is 3.09. The second kappa shape index (κ2) is 7.38. The van der Waals surface area contributed by atoms with E-state index in [1.165, 1.54) is 17.7 Å². The molecule has 2 aromatic carbocycles. The highest BCUT2D eigenvalue weighted by Crippen LogP contribution is 2.24. The lowest BCUT2D eigenvalue weighted by Crippen LogP contribution is -2.26. The number of benzene rings is 2. The van der Waals surface area contributed by atoms with Crippen LogP contribution in [0.4, 0.5) is 8.78 Å². The lowest BCUT2D eigenvalue weighted by Gasteiger charge is -2.13. The fourth-order valence-electron chi connectivity index (χ4n) is 1.92. The standard InChI is InChI=1S/C16H16BrF2NS/c1-10-2-4-12(5-3-10)21-9-11(20)8-13-15(18)7-6-14(17)16(13)19/h2-7,11H,8-9,20H2,1H3. The second-order valence-corrected chi connectivity index (χ2v) is 6.86. The molecule has 0 aliphatic carbocycles. The predicted octanol–water partition coefficient (Wildman–Crippen LogP) is 4.70. The Morgan fingerprint density at radius 3 is 2.48 bits per heavy atom. The maximum absolute atomic E-state index is 13.9. The van der Waals surface area contributed by atoms with E-state index < -0.39 is 11.6 Å². The highest BCUT2D eigenvalue weighted by molar-refractivity contribution is 9.10. The zero-order valence-electron chi connectivity index (χ0n) is 11.6. The monoisotopic (exact) mass is 371 g/mol. The van der Waals surface area contributed by atoms with Crippen molar-refractivity contribution in [2.45, 2.75) is 24.3 Å². The summed E-state index contributed by atoms with van der Waals surface area (Å²) in [5.41, 5.74) is 7.24. The zero-order chi connectivity index (χ0) is 15.4. The fraction of sp³-hybridized carbons (Fsp3) is 0.250. The van der Waals surface area contributed by atoms with Gasteiger partial charge in [-0.15, -0.1) is 11.8 Å². The Labute approximate surface area is 136 Å². The molecule has 0 spiro atoms. The van der Waals surface area contributed by atoms with Gasteiger partial charge in [0.25, 0.3) is 0 Å². The highest BCUT2D eigenvalue weighted by atomic mass is 79.9. The van der Waals surface area contributed by atoms with Gasteiger partial charge >= 0.3 is 0 Å². The molecule has 2 N–H and O–H groups in total. The normalized spacial score (nSPS) is 12.4. The molecule has 0 aromatic heterocycles. The van der Waals surface area contributed by atoms with E-state index in [1.807, 2.05) is 31.2 Å². The second-order valence-electron chi connectivity index (χ2n) is 4.91. The first-order chi connectivity index (χ1) is 9.97. The molecular weight excluding hydrogens is 356 g/mol. The van der Waals surface area contributed by atoms with Crippen LogP contribution in [0.2, 0.25) is 0 Å². The lowest BCUT2D eigenvalue weighted by atomic mass is 10.1. The molecular formula is C16H16BrF2NS. The van der Waals surface area contributed by atoms with Crippen LogP contribution in [-0.4, -0.2) is 11.8 Å². The molecule has 112 valence electrons. The molecule has 0 radical (unpaired) electrons. The van der Waals surface area contributed by atoms with Crippen LogP contribution in [0.5, 0.6) is 0 Å². The molecule has 0 saturated heterocycles. The van der Waals surface area contributed by atoms with Crippen LogP contribution in [0.15, 0.2) is 45.8 Å². The number of thioether (sulfide) groups is 1. The minimum absolute atomic E-state index is 0.0429. The number of nitrogens with two attached hydrogens (primary N) is 1. The largest absolute Gasteiger partial charge is 0.327 e. The van der Waals surface area contributed by atoms with Gasteiger partial charge in [0, 0.05) is 22.3 Å². The van der Waals surface area contributed by atoms with E-state index in [0.717, 1.165) is 4.90 Å². The molecule has 1 nitrogen and oxygen atoms in total. The van der Waals surface area contributed by atoms with Crippen molar-refractivity contribution in [2.75, 3.05) is 5.75 Å². The summed E-state index contributed by atoms with van der Waals surface area (Å²) in [7, 11) is 0. The van der Waals surface area contributed by atoms with Crippen molar-refractivity contribution in [3.05, 3.63) is 63.6 Å². The molecule has 5 heteroatoms. The number of hydrogen-bond donors (Lipinski definition) is 1. The zero-order valence-corrected chi connectivity index (χ0v) is 14.0. The molecule has 2 aromatic rings. The first kappa shape index (κ1) is 16.5. The highest BCUT2D eigenvalue weighted by Gasteiger charge is 2.15. The van der Waals surface area contributed by atoms with Crippen LogP contribution in [0.25, 0.3) is 0 Å². The number of aryl methyl sites for hydroxylation is 1. The fourth-order valence-corrected chi connectivity index (χ4v) is 3.14. The Morgan fingerprint density at radius 1 is 1.14 bits per heavy atom. The van der Waals surface area contributed by atoms with Crippen LogP contribution in [0.1, 0.15) is 11.1 Å². The van der Waals surface area contributed by atoms with Crippen molar-refractivity contribution in [3.8, 4) is 0 Å². The third-order valence-corrected chi connectivity index (χ3v) is 4.90. The van der Waals surface area contributed by atoms with Crippen LogP contribution >= 0.6 is 27.7 Å². The quantitative estimate of drug-likeness (QED) is 0.608. The smallest absolute Gasteiger partial charge is 0.143 e. The summed E-state index contributed by atoms with van der Waals surface area (Å²) in [5, 5.41) is 0.